The predicted molar refractivity (Wildman–Crippen MR) is 117 cm³/mol. The number of aromatic nitrogens is 4. The molecule has 0 amide bonds. The first-order chi connectivity index (χ1) is 14.9. The fourth-order valence-electron chi connectivity index (χ4n) is 5.03. The molecule has 2 saturated heterocycles. The topological polar surface area (TPSA) is 79.1 Å². The van der Waals surface area contributed by atoms with Gasteiger partial charge in [0.15, 0.2) is 5.82 Å². The van der Waals surface area contributed by atoms with Crippen LogP contribution in [0.4, 0.5) is 10.2 Å². The van der Waals surface area contributed by atoms with Crippen LogP contribution in [0, 0.1) is 0 Å². The molecule has 2 aliphatic heterocycles. The lowest BCUT2D eigenvalue weighted by Gasteiger charge is -2.51. The van der Waals surface area contributed by atoms with Gasteiger partial charge in [-0.15, -0.1) is 10.2 Å². The molecule has 0 radical (unpaired) electrons. The van der Waals surface area contributed by atoms with Gasteiger partial charge in [-0.1, -0.05) is 0 Å². The van der Waals surface area contributed by atoms with E-state index in [0.29, 0.717) is 17.1 Å². The maximum atomic E-state index is 15.2. The number of phenolic OH excluding ortho intramolecular Hbond substituents is 1. The fraction of sp³-hybridized carbons (Fsp3) is 0.435. The molecule has 2 aromatic heterocycles. The first-order valence-electron chi connectivity index (χ1n) is 10.7. The lowest BCUT2D eigenvalue weighted by Crippen LogP contribution is -2.66. The fourth-order valence-corrected chi connectivity index (χ4v) is 5.03. The highest BCUT2D eigenvalue weighted by Crippen LogP contribution is 2.38. The van der Waals surface area contributed by atoms with Crippen LogP contribution < -0.4 is 10.2 Å². The van der Waals surface area contributed by atoms with E-state index in [1.165, 1.54) is 0 Å². The number of aromatic hydroxyl groups is 1. The number of anilines is 1. The van der Waals surface area contributed by atoms with Gasteiger partial charge >= 0.3 is 0 Å². The van der Waals surface area contributed by atoms with Crippen LogP contribution in [0.25, 0.3) is 16.9 Å². The van der Waals surface area contributed by atoms with Crippen molar-refractivity contribution < 1.29 is 9.50 Å². The van der Waals surface area contributed by atoms with Gasteiger partial charge in [0.2, 0.25) is 0 Å². The molecule has 31 heavy (non-hydrogen) atoms. The molecule has 1 aromatic carbocycles. The summed E-state index contributed by atoms with van der Waals surface area (Å²) in [7, 11) is 1.89. The van der Waals surface area contributed by atoms with Crippen LogP contribution in [0.1, 0.15) is 32.6 Å². The van der Waals surface area contributed by atoms with Crippen LogP contribution in [0.15, 0.2) is 49.1 Å². The molecule has 7 nitrogen and oxygen atoms in total. The van der Waals surface area contributed by atoms with E-state index in [4.69, 9.17) is 0 Å². The van der Waals surface area contributed by atoms with Crippen LogP contribution in [0.3, 0.4) is 0 Å². The molecule has 0 spiro atoms. The maximum absolute atomic E-state index is 15.2. The van der Waals surface area contributed by atoms with E-state index in [0.717, 1.165) is 31.4 Å². The highest BCUT2D eigenvalue weighted by molar-refractivity contribution is 5.69. The normalized spacial score (nSPS) is 27.8. The van der Waals surface area contributed by atoms with Gasteiger partial charge in [0.05, 0.1) is 23.8 Å². The zero-order chi connectivity index (χ0) is 21.6. The summed E-state index contributed by atoms with van der Waals surface area (Å²) in [4.78, 5) is 5.94. The van der Waals surface area contributed by atoms with Crippen molar-refractivity contribution >= 4 is 5.82 Å². The third-order valence-electron chi connectivity index (χ3n) is 6.76. The number of hydrogen-bond acceptors (Lipinski definition) is 6. The van der Waals surface area contributed by atoms with Crippen LogP contribution in [-0.4, -0.2) is 55.7 Å². The van der Waals surface area contributed by atoms with Gasteiger partial charge in [-0.25, -0.2) is 9.37 Å². The number of nitrogens with zero attached hydrogens (tertiary/aromatic N) is 5. The first kappa shape index (κ1) is 19.9. The van der Waals surface area contributed by atoms with E-state index in [1.807, 2.05) is 47.0 Å². The summed E-state index contributed by atoms with van der Waals surface area (Å²) in [6.07, 6.45) is 7.98. The summed E-state index contributed by atoms with van der Waals surface area (Å²) in [5, 5.41) is 22.7. The van der Waals surface area contributed by atoms with Crippen LogP contribution in [0.5, 0.6) is 5.75 Å². The zero-order valence-corrected chi connectivity index (χ0v) is 17.7. The van der Waals surface area contributed by atoms with Crippen molar-refractivity contribution in [3.8, 4) is 22.7 Å². The van der Waals surface area contributed by atoms with Gasteiger partial charge < -0.3 is 19.9 Å². The van der Waals surface area contributed by atoms with Crippen LogP contribution in [-0.2, 0) is 0 Å². The molecule has 8 heteroatoms. The van der Waals surface area contributed by atoms with E-state index in [1.54, 1.807) is 18.6 Å². The number of benzene rings is 1. The summed E-state index contributed by atoms with van der Waals surface area (Å²) < 4.78 is 17.0. The van der Waals surface area contributed by atoms with Gasteiger partial charge in [-0.05, 0) is 56.9 Å². The van der Waals surface area contributed by atoms with Gasteiger partial charge in [0.25, 0.3) is 0 Å². The Balaban J connectivity index is 1.36. The molecular formula is C23H27FN6O. The molecule has 4 heterocycles. The average molecular weight is 423 g/mol. The van der Waals surface area contributed by atoms with E-state index in [9.17, 15) is 5.11 Å². The Kier molecular flexibility index (Phi) is 4.89. The predicted octanol–water partition coefficient (Wildman–Crippen LogP) is 3.48. The summed E-state index contributed by atoms with van der Waals surface area (Å²) in [6.45, 7) is 2.19. The molecule has 2 bridgehead atoms. The molecule has 0 aliphatic carbocycles. The standard InChI is InChI=1S/C23H27FN6O/c1-23-9-3-4-18(26-23)22(24)19(13-23)29(2)21-8-7-17(27-28-21)16-6-5-15(12-20(16)31)30-11-10-25-14-30/h5-8,10-12,14,18-19,22,26,31H,3-4,9,13H2,1-2H3/t18-,19+,22-,23+/m0/s1. The van der Waals surface area contributed by atoms with E-state index < -0.39 is 6.17 Å². The van der Waals surface area contributed by atoms with Gasteiger partial charge in [-0.2, -0.15) is 0 Å². The lowest BCUT2D eigenvalue weighted by molar-refractivity contribution is 0.0607. The van der Waals surface area contributed by atoms with Crippen molar-refractivity contribution in [3.63, 3.8) is 0 Å². The largest absolute Gasteiger partial charge is 0.507 e. The number of fused-ring (bicyclic) bond motifs is 2. The second-order valence-electron chi connectivity index (χ2n) is 8.98. The van der Waals surface area contributed by atoms with Gasteiger partial charge in [-0.3, -0.25) is 0 Å². The van der Waals surface area contributed by atoms with Crippen LogP contribution >= 0.6 is 0 Å². The Hall–Kier alpha value is -3.00. The third kappa shape index (κ3) is 3.65. The molecule has 2 fully saturated rings. The third-order valence-corrected chi connectivity index (χ3v) is 6.76. The zero-order valence-electron chi connectivity index (χ0n) is 17.7. The van der Waals surface area contributed by atoms with Crippen molar-refractivity contribution in [2.45, 2.75) is 56.4 Å². The summed E-state index contributed by atoms with van der Waals surface area (Å²) in [6, 6.07) is 8.70. The Morgan fingerprint density at radius 3 is 2.84 bits per heavy atom. The summed E-state index contributed by atoms with van der Waals surface area (Å²) >= 11 is 0. The van der Waals surface area contributed by atoms with Crippen molar-refractivity contribution in [1.29, 1.82) is 0 Å². The van der Waals surface area contributed by atoms with Crippen molar-refractivity contribution in [2.75, 3.05) is 11.9 Å². The Morgan fingerprint density at radius 1 is 1.26 bits per heavy atom. The number of hydrogen-bond donors (Lipinski definition) is 2. The summed E-state index contributed by atoms with van der Waals surface area (Å²) in [5.41, 5.74) is 1.94. The molecule has 0 unspecified atom stereocenters. The molecular weight excluding hydrogens is 395 g/mol. The smallest absolute Gasteiger partial charge is 0.151 e. The minimum atomic E-state index is -0.945. The number of rotatable bonds is 4. The number of imidazole rings is 1. The van der Waals surface area contributed by atoms with Gasteiger partial charge in [0, 0.05) is 42.7 Å². The Bertz CT molecular complexity index is 1060. The molecule has 0 saturated carbocycles. The minimum absolute atomic E-state index is 0.0272. The quantitative estimate of drug-likeness (QED) is 0.670. The minimum Gasteiger partial charge on any atom is -0.507 e. The van der Waals surface area contributed by atoms with E-state index in [2.05, 4.69) is 27.4 Å². The van der Waals surface area contributed by atoms with E-state index in [-0.39, 0.29) is 23.4 Å². The van der Waals surface area contributed by atoms with Gasteiger partial charge in [0.1, 0.15) is 11.9 Å². The lowest BCUT2D eigenvalue weighted by atomic mass is 9.74. The molecule has 2 N–H and O–H groups in total. The Labute approximate surface area is 180 Å². The number of alkyl halides is 1. The maximum Gasteiger partial charge on any atom is 0.151 e. The van der Waals surface area contributed by atoms with E-state index >= 15 is 4.39 Å². The highest BCUT2D eigenvalue weighted by atomic mass is 19.1. The second kappa shape index (κ2) is 7.60. The number of nitrogens with one attached hydrogen (secondary N) is 1. The molecule has 162 valence electrons. The molecule has 2 aliphatic rings. The Morgan fingerprint density at radius 2 is 2.13 bits per heavy atom. The molecule has 5 rings (SSSR count). The first-order valence-corrected chi connectivity index (χ1v) is 10.7. The van der Waals surface area contributed by atoms with Crippen LogP contribution in [0.2, 0.25) is 0 Å². The van der Waals surface area contributed by atoms with Crippen molar-refractivity contribution in [2.24, 2.45) is 0 Å². The highest BCUT2D eigenvalue weighted by Gasteiger charge is 2.47. The second-order valence-corrected chi connectivity index (χ2v) is 8.98. The monoisotopic (exact) mass is 422 g/mol. The number of piperidine rings is 2. The number of halogens is 1. The van der Waals surface area contributed by atoms with Crippen molar-refractivity contribution in [1.82, 2.24) is 25.1 Å². The summed E-state index contributed by atoms with van der Waals surface area (Å²) in [5.74, 6) is 0.749. The average Bonchev–Trinajstić information content (AvgIpc) is 3.31. The molecule has 3 aromatic rings. The SMILES string of the molecule is CN(c1ccc(-c2ccc(-n3ccnc3)cc2O)nn1)[C@@H]1C[C@@]2(C)CCC[C@H](N2)[C@@H]1F. The molecule has 4 atom stereocenters. The van der Waals surface area contributed by atoms with Crippen molar-refractivity contribution in [3.05, 3.63) is 49.1 Å². The number of phenols is 1.